The van der Waals surface area contributed by atoms with E-state index < -0.39 is 15.9 Å². The summed E-state index contributed by atoms with van der Waals surface area (Å²) in [5.41, 5.74) is 0. The second kappa shape index (κ2) is 5.81. The van der Waals surface area contributed by atoms with E-state index in [1.54, 1.807) is 12.1 Å². The van der Waals surface area contributed by atoms with Crippen LogP contribution in [0.1, 0.15) is 0 Å². The Balaban J connectivity index is 2.71. The van der Waals surface area contributed by atoms with Gasteiger partial charge in [0.1, 0.15) is 18.1 Å². The van der Waals surface area contributed by atoms with E-state index in [1.807, 2.05) is 0 Å². The number of ether oxygens (including phenoxy) is 1. The van der Waals surface area contributed by atoms with Crippen molar-refractivity contribution in [2.75, 3.05) is 12.4 Å². The van der Waals surface area contributed by atoms with E-state index in [9.17, 15) is 8.42 Å². The van der Waals surface area contributed by atoms with Crippen LogP contribution >= 0.6 is 47.8 Å². The summed E-state index contributed by atoms with van der Waals surface area (Å²) < 4.78 is 37.0. The highest BCUT2D eigenvalue weighted by atomic mass is 79.9. The summed E-state index contributed by atoms with van der Waals surface area (Å²) in [7, 11) is -3.99. The molecule has 1 aromatic rings. The Morgan fingerprint density at radius 2 is 1.69 bits per heavy atom. The molecule has 0 aliphatic rings. The smallest absolute Gasteiger partial charge is 0.268 e. The number of hydrogen-bond donors (Lipinski definition) is 1. The number of halogens is 3. The van der Waals surface area contributed by atoms with Gasteiger partial charge in [-0.05, 0) is 59.9 Å². The van der Waals surface area contributed by atoms with Crippen molar-refractivity contribution in [1.29, 1.82) is 0 Å². The lowest BCUT2D eigenvalue weighted by atomic mass is 10.3. The number of hydrogen-bond acceptors (Lipinski definition) is 3. The average Bonchev–Trinajstić information content (AvgIpc) is 2.11. The lowest BCUT2D eigenvalue weighted by molar-refractivity contribution is 0.333. The van der Waals surface area contributed by atoms with Gasteiger partial charge < -0.3 is 4.74 Å². The monoisotopic (exact) mass is 436 g/mol. The van der Waals surface area contributed by atoms with Gasteiger partial charge in [0.05, 0.1) is 4.47 Å². The number of benzene rings is 1. The van der Waals surface area contributed by atoms with E-state index in [0.717, 1.165) is 8.95 Å². The van der Waals surface area contributed by atoms with Gasteiger partial charge in [-0.2, -0.15) is 8.42 Å². The first kappa shape index (κ1) is 14.4. The molecule has 90 valence electrons. The van der Waals surface area contributed by atoms with Gasteiger partial charge in [0, 0.05) is 8.95 Å². The normalized spacial score (nSPS) is 11.5. The van der Waals surface area contributed by atoms with Gasteiger partial charge in [0.25, 0.3) is 10.1 Å². The standard InChI is InChI=1S/C8H7Br3O4S/c9-5-3-7(11)8(4-6(5)10)15-1-2-16(12,13)14/h3-4H,1-2H2,(H,12,13,14). The molecule has 1 rings (SSSR count). The fourth-order valence-corrected chi connectivity index (χ4v) is 2.60. The molecule has 4 nitrogen and oxygen atoms in total. The topological polar surface area (TPSA) is 63.6 Å². The van der Waals surface area contributed by atoms with E-state index in [0.29, 0.717) is 10.2 Å². The molecule has 1 aromatic carbocycles. The predicted molar refractivity (Wildman–Crippen MR) is 71.5 cm³/mol. The molecule has 0 aliphatic heterocycles. The third-order valence-electron chi connectivity index (χ3n) is 1.57. The quantitative estimate of drug-likeness (QED) is 0.579. The Kier molecular flexibility index (Phi) is 5.24. The van der Waals surface area contributed by atoms with Crippen LogP contribution in [0.4, 0.5) is 0 Å². The molecule has 0 heterocycles. The third kappa shape index (κ3) is 4.70. The molecule has 1 N–H and O–H groups in total. The first-order valence-corrected chi connectivity index (χ1v) is 8.01. The molecule has 0 unspecified atom stereocenters. The Bertz CT molecular complexity index is 486. The summed E-state index contributed by atoms with van der Waals surface area (Å²) in [6.45, 7) is -0.106. The first-order valence-electron chi connectivity index (χ1n) is 4.02. The zero-order valence-corrected chi connectivity index (χ0v) is 13.4. The van der Waals surface area contributed by atoms with Crippen molar-refractivity contribution in [1.82, 2.24) is 0 Å². The summed E-state index contributed by atoms with van der Waals surface area (Å²) in [6.07, 6.45) is 0. The van der Waals surface area contributed by atoms with Gasteiger partial charge in [0.2, 0.25) is 0 Å². The Morgan fingerprint density at radius 3 is 2.25 bits per heavy atom. The van der Waals surface area contributed by atoms with Crippen molar-refractivity contribution in [3.63, 3.8) is 0 Å². The van der Waals surface area contributed by atoms with E-state index >= 15 is 0 Å². The SMILES string of the molecule is O=S(=O)(O)CCOc1cc(Br)c(Br)cc1Br. The Labute approximate surface area is 119 Å². The van der Waals surface area contributed by atoms with Gasteiger partial charge >= 0.3 is 0 Å². The fraction of sp³-hybridized carbons (Fsp3) is 0.250. The third-order valence-corrected chi connectivity index (χ3v) is 4.72. The van der Waals surface area contributed by atoms with Crippen LogP contribution in [0, 0.1) is 0 Å². The molecule has 0 amide bonds. The van der Waals surface area contributed by atoms with Crippen LogP contribution in [0.5, 0.6) is 5.75 Å². The number of rotatable bonds is 4. The second-order valence-corrected chi connectivity index (χ2v) is 6.97. The molecule has 8 heteroatoms. The van der Waals surface area contributed by atoms with E-state index in [4.69, 9.17) is 9.29 Å². The molecule has 0 aliphatic carbocycles. The summed E-state index contributed by atoms with van der Waals surface area (Å²) >= 11 is 9.88. The predicted octanol–water partition coefficient (Wildman–Crippen LogP) is 3.24. The van der Waals surface area contributed by atoms with Crippen LogP contribution in [0.3, 0.4) is 0 Å². The van der Waals surface area contributed by atoms with E-state index in [2.05, 4.69) is 47.8 Å². The van der Waals surface area contributed by atoms with Crippen molar-refractivity contribution in [3.8, 4) is 5.75 Å². The summed E-state index contributed by atoms with van der Waals surface area (Å²) in [5.74, 6) is 0.0614. The lowest BCUT2D eigenvalue weighted by Crippen LogP contribution is -2.12. The van der Waals surface area contributed by atoms with Crippen molar-refractivity contribution in [2.45, 2.75) is 0 Å². The maximum atomic E-state index is 10.5. The van der Waals surface area contributed by atoms with Crippen LogP contribution in [0.15, 0.2) is 25.6 Å². The highest BCUT2D eigenvalue weighted by Gasteiger charge is 2.08. The zero-order valence-electron chi connectivity index (χ0n) is 7.78. The molecule has 0 bridgehead atoms. The Hall–Kier alpha value is 0.370. The van der Waals surface area contributed by atoms with Crippen LogP contribution < -0.4 is 4.74 Å². The lowest BCUT2D eigenvalue weighted by Gasteiger charge is -2.08. The summed E-state index contributed by atoms with van der Waals surface area (Å²) in [4.78, 5) is 0. The Morgan fingerprint density at radius 1 is 1.12 bits per heavy atom. The molecular formula is C8H7Br3O4S. The van der Waals surface area contributed by atoms with Crippen LogP contribution in [-0.4, -0.2) is 25.3 Å². The largest absolute Gasteiger partial charge is 0.491 e. The minimum absolute atomic E-state index is 0.106. The molecule has 0 saturated heterocycles. The maximum Gasteiger partial charge on any atom is 0.268 e. The van der Waals surface area contributed by atoms with Gasteiger partial charge in [-0.3, -0.25) is 4.55 Å². The van der Waals surface area contributed by atoms with E-state index in [1.165, 1.54) is 0 Å². The molecular weight excluding hydrogens is 432 g/mol. The van der Waals surface area contributed by atoms with Gasteiger partial charge in [0.15, 0.2) is 0 Å². The molecule has 0 saturated carbocycles. The average molecular weight is 439 g/mol. The molecule has 0 aromatic heterocycles. The maximum absolute atomic E-state index is 10.5. The van der Waals surface area contributed by atoms with Gasteiger partial charge in [-0.25, -0.2) is 0 Å². The molecule has 0 spiro atoms. The van der Waals surface area contributed by atoms with Gasteiger partial charge in [-0.15, -0.1) is 0 Å². The molecule has 0 radical (unpaired) electrons. The van der Waals surface area contributed by atoms with Gasteiger partial charge in [-0.1, -0.05) is 0 Å². The fourth-order valence-electron chi connectivity index (χ4n) is 0.872. The van der Waals surface area contributed by atoms with Crippen molar-refractivity contribution in [2.24, 2.45) is 0 Å². The van der Waals surface area contributed by atoms with E-state index in [-0.39, 0.29) is 6.61 Å². The minimum atomic E-state index is -3.99. The van der Waals surface area contributed by atoms with Crippen molar-refractivity contribution < 1.29 is 17.7 Å². The minimum Gasteiger partial charge on any atom is -0.491 e. The van der Waals surface area contributed by atoms with Crippen LogP contribution in [0.2, 0.25) is 0 Å². The zero-order chi connectivity index (χ0) is 12.3. The van der Waals surface area contributed by atoms with Crippen molar-refractivity contribution in [3.05, 3.63) is 25.6 Å². The summed E-state index contributed by atoms with van der Waals surface area (Å²) in [6, 6.07) is 3.46. The molecule has 0 fully saturated rings. The first-order chi connectivity index (χ1) is 7.29. The van der Waals surface area contributed by atoms with Crippen LogP contribution in [-0.2, 0) is 10.1 Å². The highest BCUT2D eigenvalue weighted by molar-refractivity contribution is 9.13. The summed E-state index contributed by atoms with van der Waals surface area (Å²) in [5, 5.41) is 0. The molecule has 16 heavy (non-hydrogen) atoms. The van der Waals surface area contributed by atoms with Crippen molar-refractivity contribution >= 4 is 57.9 Å². The highest BCUT2D eigenvalue weighted by Crippen LogP contribution is 2.34. The second-order valence-electron chi connectivity index (χ2n) is 2.83. The van der Waals surface area contributed by atoms with Crippen LogP contribution in [0.25, 0.3) is 0 Å². The molecule has 0 atom stereocenters.